The molecule has 5 nitrogen and oxygen atoms in total. The maximum absolute atomic E-state index is 12.4. The maximum atomic E-state index is 12.4. The molecule has 0 aromatic heterocycles. The molecular formula is C12H14BrClF2N2O3. The van der Waals surface area contributed by atoms with E-state index in [1.807, 2.05) is 0 Å². The van der Waals surface area contributed by atoms with Gasteiger partial charge in [-0.15, -0.1) is 0 Å². The molecule has 0 saturated carbocycles. The number of anilines is 1. The molecule has 3 N–H and O–H groups in total. The molecule has 0 aliphatic carbocycles. The topological polar surface area (TPSA) is 73.6 Å². The van der Waals surface area contributed by atoms with Crippen LogP contribution in [0.1, 0.15) is 6.42 Å². The molecule has 9 heteroatoms. The summed E-state index contributed by atoms with van der Waals surface area (Å²) in [5, 5.41) is 2.70. The van der Waals surface area contributed by atoms with Crippen molar-refractivity contribution in [3.8, 4) is 5.75 Å². The van der Waals surface area contributed by atoms with Crippen LogP contribution in [0.3, 0.4) is 0 Å². The molecule has 0 radical (unpaired) electrons. The van der Waals surface area contributed by atoms with Crippen molar-refractivity contribution in [3.05, 3.63) is 21.6 Å². The van der Waals surface area contributed by atoms with Crippen molar-refractivity contribution in [1.29, 1.82) is 0 Å². The molecule has 1 rings (SSSR count). The Labute approximate surface area is 133 Å². The van der Waals surface area contributed by atoms with Gasteiger partial charge < -0.3 is 20.5 Å². The van der Waals surface area contributed by atoms with Gasteiger partial charge in [-0.1, -0.05) is 11.6 Å². The van der Waals surface area contributed by atoms with Crippen LogP contribution in [-0.2, 0) is 9.53 Å². The summed E-state index contributed by atoms with van der Waals surface area (Å²) in [7, 11) is 1.42. The number of amides is 1. The highest BCUT2D eigenvalue weighted by Gasteiger charge is 2.18. The molecule has 21 heavy (non-hydrogen) atoms. The third kappa shape index (κ3) is 5.74. The van der Waals surface area contributed by atoms with Crippen molar-refractivity contribution in [2.45, 2.75) is 19.1 Å². The zero-order valence-corrected chi connectivity index (χ0v) is 13.4. The number of hydrogen-bond donors (Lipinski definition) is 2. The minimum absolute atomic E-state index is 0.0226. The van der Waals surface area contributed by atoms with Crippen LogP contribution in [0.25, 0.3) is 0 Å². The first-order valence-electron chi connectivity index (χ1n) is 5.84. The third-order valence-electron chi connectivity index (χ3n) is 2.50. The fraction of sp³-hybridized carbons (Fsp3) is 0.417. The molecule has 1 aromatic rings. The van der Waals surface area contributed by atoms with E-state index < -0.39 is 18.6 Å². The van der Waals surface area contributed by atoms with Gasteiger partial charge >= 0.3 is 6.61 Å². The van der Waals surface area contributed by atoms with E-state index in [1.165, 1.54) is 19.2 Å². The molecule has 0 heterocycles. The smallest absolute Gasteiger partial charge is 0.387 e. The normalized spacial score (nSPS) is 12.3. The highest BCUT2D eigenvalue weighted by Crippen LogP contribution is 2.37. The Kier molecular flexibility index (Phi) is 7.30. The van der Waals surface area contributed by atoms with E-state index >= 15 is 0 Å². The fourth-order valence-corrected chi connectivity index (χ4v) is 2.44. The van der Waals surface area contributed by atoms with Crippen molar-refractivity contribution >= 4 is 39.1 Å². The quantitative estimate of drug-likeness (QED) is 0.754. The van der Waals surface area contributed by atoms with Gasteiger partial charge in [0, 0.05) is 18.7 Å². The molecular weight excluding hydrogens is 373 g/mol. The van der Waals surface area contributed by atoms with Crippen molar-refractivity contribution in [2.24, 2.45) is 5.73 Å². The van der Waals surface area contributed by atoms with E-state index in [4.69, 9.17) is 22.1 Å². The van der Waals surface area contributed by atoms with E-state index in [-0.39, 0.29) is 33.9 Å². The summed E-state index contributed by atoms with van der Waals surface area (Å²) >= 11 is 8.89. The van der Waals surface area contributed by atoms with E-state index in [9.17, 15) is 13.6 Å². The fourth-order valence-electron chi connectivity index (χ4n) is 1.53. The predicted molar refractivity (Wildman–Crippen MR) is 78.9 cm³/mol. The largest absolute Gasteiger partial charge is 0.431 e. The number of alkyl halides is 2. The van der Waals surface area contributed by atoms with Gasteiger partial charge in [-0.3, -0.25) is 4.79 Å². The zero-order valence-electron chi connectivity index (χ0n) is 11.0. The molecule has 0 spiro atoms. The predicted octanol–water partition coefficient (Wildman–Crippen LogP) is 3.01. The second-order valence-electron chi connectivity index (χ2n) is 3.99. The number of hydrogen-bond acceptors (Lipinski definition) is 4. The standard InChI is InChI=1S/C12H14BrClF2N2O3/c1-20-7(5-17)4-10(19)18-9-3-6(14)2-8(13)11(9)21-12(15)16/h2-3,7,12H,4-5,17H2,1H3,(H,18,19). The number of carbonyl (C=O) groups excluding carboxylic acids is 1. The van der Waals surface area contributed by atoms with Crippen molar-refractivity contribution < 1.29 is 23.0 Å². The van der Waals surface area contributed by atoms with Gasteiger partial charge in [0.05, 0.1) is 22.7 Å². The summed E-state index contributed by atoms with van der Waals surface area (Å²) in [6, 6.07) is 2.69. The summed E-state index contributed by atoms with van der Waals surface area (Å²) < 4.78 is 34.4. The Bertz CT molecular complexity index is 502. The molecule has 0 aliphatic heterocycles. The van der Waals surface area contributed by atoms with Crippen molar-refractivity contribution in [2.75, 3.05) is 19.0 Å². The number of nitrogens with one attached hydrogen (secondary N) is 1. The second kappa shape index (κ2) is 8.47. The molecule has 0 bridgehead atoms. The number of rotatable bonds is 7. The number of benzene rings is 1. The Morgan fingerprint density at radius 1 is 1.52 bits per heavy atom. The molecule has 1 amide bonds. The first-order chi connectivity index (χ1) is 9.87. The van der Waals surface area contributed by atoms with E-state index in [2.05, 4.69) is 26.0 Å². The zero-order chi connectivity index (χ0) is 16.0. The number of methoxy groups -OCH3 is 1. The first-order valence-corrected chi connectivity index (χ1v) is 7.01. The van der Waals surface area contributed by atoms with Gasteiger partial charge in [0.25, 0.3) is 0 Å². The second-order valence-corrected chi connectivity index (χ2v) is 5.28. The van der Waals surface area contributed by atoms with Gasteiger partial charge in [-0.05, 0) is 28.1 Å². The number of carbonyl (C=O) groups is 1. The van der Waals surface area contributed by atoms with Crippen LogP contribution in [0.4, 0.5) is 14.5 Å². The molecule has 1 aromatic carbocycles. The lowest BCUT2D eigenvalue weighted by Gasteiger charge is -2.16. The average Bonchev–Trinajstić information content (AvgIpc) is 2.39. The number of halogens is 4. The molecule has 0 saturated heterocycles. The van der Waals surface area contributed by atoms with E-state index in [1.54, 1.807) is 0 Å². The van der Waals surface area contributed by atoms with Crippen LogP contribution in [0.15, 0.2) is 16.6 Å². The van der Waals surface area contributed by atoms with Gasteiger partial charge in [-0.25, -0.2) is 0 Å². The average molecular weight is 388 g/mol. The third-order valence-corrected chi connectivity index (χ3v) is 3.31. The molecule has 118 valence electrons. The first kappa shape index (κ1) is 18.1. The Morgan fingerprint density at radius 3 is 2.71 bits per heavy atom. The summed E-state index contributed by atoms with van der Waals surface area (Å²) in [4.78, 5) is 11.9. The monoisotopic (exact) mass is 386 g/mol. The highest BCUT2D eigenvalue weighted by atomic mass is 79.9. The van der Waals surface area contributed by atoms with Crippen LogP contribution < -0.4 is 15.8 Å². The molecule has 1 unspecified atom stereocenters. The van der Waals surface area contributed by atoms with E-state index in [0.717, 1.165) is 0 Å². The molecule has 1 atom stereocenters. The SMILES string of the molecule is COC(CN)CC(=O)Nc1cc(Cl)cc(Br)c1OC(F)F. The summed E-state index contributed by atoms with van der Waals surface area (Å²) in [5.41, 5.74) is 5.45. The lowest BCUT2D eigenvalue weighted by Crippen LogP contribution is -2.28. The van der Waals surface area contributed by atoms with Crippen LogP contribution in [0.5, 0.6) is 5.75 Å². The summed E-state index contributed by atoms with van der Waals surface area (Å²) in [5.74, 6) is -0.662. The van der Waals surface area contributed by atoms with Gasteiger partial charge in [0.15, 0.2) is 5.75 Å². The molecule has 0 aliphatic rings. The Balaban J connectivity index is 2.93. The highest BCUT2D eigenvalue weighted by molar-refractivity contribution is 9.10. The Morgan fingerprint density at radius 2 is 2.19 bits per heavy atom. The lowest BCUT2D eigenvalue weighted by molar-refractivity contribution is -0.118. The Hall–Kier alpha value is -0.960. The van der Waals surface area contributed by atoms with Crippen LogP contribution in [0.2, 0.25) is 5.02 Å². The summed E-state index contributed by atoms with van der Waals surface area (Å²) in [6.45, 7) is -2.88. The van der Waals surface area contributed by atoms with Gasteiger partial charge in [0.1, 0.15) is 0 Å². The van der Waals surface area contributed by atoms with Gasteiger partial charge in [-0.2, -0.15) is 8.78 Å². The molecule has 0 fully saturated rings. The minimum Gasteiger partial charge on any atom is -0.431 e. The van der Waals surface area contributed by atoms with E-state index in [0.29, 0.717) is 0 Å². The van der Waals surface area contributed by atoms with Crippen LogP contribution in [-0.4, -0.2) is 32.3 Å². The van der Waals surface area contributed by atoms with Crippen LogP contribution in [0, 0.1) is 0 Å². The number of nitrogens with two attached hydrogens (primary N) is 1. The maximum Gasteiger partial charge on any atom is 0.387 e. The van der Waals surface area contributed by atoms with Crippen LogP contribution >= 0.6 is 27.5 Å². The summed E-state index contributed by atoms with van der Waals surface area (Å²) in [6.07, 6.45) is -0.488. The lowest BCUT2D eigenvalue weighted by atomic mass is 10.2. The minimum atomic E-state index is -3.03. The number of ether oxygens (including phenoxy) is 2. The van der Waals surface area contributed by atoms with Gasteiger partial charge in [0.2, 0.25) is 5.91 Å². The van der Waals surface area contributed by atoms with Crippen molar-refractivity contribution in [1.82, 2.24) is 0 Å². The van der Waals surface area contributed by atoms with Crippen molar-refractivity contribution in [3.63, 3.8) is 0 Å².